The van der Waals surface area contributed by atoms with Crippen molar-refractivity contribution in [3.63, 3.8) is 0 Å². The van der Waals surface area contributed by atoms with Gasteiger partial charge in [-0.05, 0) is 56.0 Å². The summed E-state index contributed by atoms with van der Waals surface area (Å²) in [7, 11) is 0. The molecule has 3 aromatic heterocycles. The fourth-order valence-corrected chi connectivity index (χ4v) is 6.12. The molecule has 6 heterocycles. The Balaban J connectivity index is 1.42. The monoisotopic (exact) mass is 530 g/mol. The third kappa shape index (κ3) is 3.49. The van der Waals surface area contributed by atoms with Gasteiger partial charge in [-0.3, -0.25) is 4.79 Å². The lowest BCUT2D eigenvalue weighted by molar-refractivity contribution is -0.172. The van der Waals surface area contributed by atoms with Crippen LogP contribution in [0.4, 0.5) is 4.39 Å². The van der Waals surface area contributed by atoms with E-state index in [2.05, 4.69) is 15.6 Å². The molecule has 7 rings (SSSR count). The molecule has 200 valence electrons. The number of carbonyl (C=O) groups excluding carboxylic acids is 1. The minimum Gasteiger partial charge on any atom is -0.458 e. The van der Waals surface area contributed by atoms with Crippen LogP contribution in [0.15, 0.2) is 29.2 Å². The summed E-state index contributed by atoms with van der Waals surface area (Å²) in [5, 5.41) is 24.1. The number of hydrogen-bond acceptors (Lipinski definition) is 8. The molecule has 2 N–H and O–H groups in total. The number of halogens is 1. The predicted octanol–water partition coefficient (Wildman–Crippen LogP) is 2.59. The Morgan fingerprint density at radius 2 is 2.10 bits per heavy atom. The molecule has 0 amide bonds. The highest BCUT2D eigenvalue weighted by Gasteiger charge is 2.45. The van der Waals surface area contributed by atoms with Gasteiger partial charge in [-0.25, -0.2) is 18.9 Å². The van der Waals surface area contributed by atoms with Crippen LogP contribution in [-0.2, 0) is 34.8 Å². The van der Waals surface area contributed by atoms with E-state index in [0.717, 1.165) is 41.6 Å². The minimum absolute atomic E-state index is 0.0555. The first-order valence-corrected chi connectivity index (χ1v) is 13.2. The summed E-state index contributed by atoms with van der Waals surface area (Å²) in [4.78, 5) is 31.0. The molecule has 3 aliphatic heterocycles. The standard InChI is InChI=1S/C28H27FN6O4/c1-3-28(38)19-8-24-25-17(11-35(24)26(36)18(19)13-39-27(28)37)16(15-7-14(2)20(29)9-22(15)31-25)10-34-12-23(32-33-34)21-5-4-6-30-21/h7-9,12,21,30,38H,3-6,10-11,13H2,1-2H3/t21?,28-/m0/s1. The quantitative estimate of drug-likeness (QED) is 0.340. The molecular formula is C28H27FN6O4. The first kappa shape index (κ1) is 24.1. The molecular weight excluding hydrogens is 503 g/mol. The van der Waals surface area contributed by atoms with Gasteiger partial charge in [-0.2, -0.15) is 0 Å². The van der Waals surface area contributed by atoms with Crippen molar-refractivity contribution in [3.05, 3.63) is 74.1 Å². The highest BCUT2D eigenvalue weighted by atomic mass is 19.1. The molecule has 3 aliphatic rings. The summed E-state index contributed by atoms with van der Waals surface area (Å²) < 4.78 is 23.2. The molecule has 0 saturated carbocycles. The van der Waals surface area contributed by atoms with Crippen LogP contribution in [0.25, 0.3) is 22.3 Å². The number of benzene rings is 1. The van der Waals surface area contributed by atoms with Crippen molar-refractivity contribution in [2.75, 3.05) is 6.54 Å². The van der Waals surface area contributed by atoms with Crippen LogP contribution < -0.4 is 10.9 Å². The van der Waals surface area contributed by atoms with Gasteiger partial charge in [0.1, 0.15) is 12.4 Å². The van der Waals surface area contributed by atoms with Gasteiger partial charge in [0.05, 0.1) is 53.5 Å². The molecule has 11 heteroatoms. The van der Waals surface area contributed by atoms with E-state index < -0.39 is 11.6 Å². The predicted molar refractivity (Wildman–Crippen MR) is 138 cm³/mol. The third-order valence-electron chi connectivity index (χ3n) is 8.38. The molecule has 10 nitrogen and oxygen atoms in total. The zero-order valence-electron chi connectivity index (χ0n) is 21.6. The summed E-state index contributed by atoms with van der Waals surface area (Å²) in [5.74, 6) is -1.15. The molecule has 39 heavy (non-hydrogen) atoms. The molecule has 1 unspecified atom stereocenters. The number of cyclic esters (lactones) is 1. The zero-order chi connectivity index (χ0) is 27.1. The largest absolute Gasteiger partial charge is 0.458 e. The van der Waals surface area contributed by atoms with E-state index in [1.165, 1.54) is 6.07 Å². The number of hydrogen-bond donors (Lipinski definition) is 2. The average molecular weight is 531 g/mol. The van der Waals surface area contributed by atoms with Gasteiger partial charge < -0.3 is 19.7 Å². The maximum Gasteiger partial charge on any atom is 0.343 e. The molecule has 1 fully saturated rings. The molecule has 0 radical (unpaired) electrons. The lowest BCUT2D eigenvalue weighted by Crippen LogP contribution is -2.44. The molecule has 0 aliphatic carbocycles. The van der Waals surface area contributed by atoms with Gasteiger partial charge in [-0.1, -0.05) is 12.1 Å². The minimum atomic E-state index is -1.92. The Hall–Kier alpha value is -3.96. The Kier molecular flexibility index (Phi) is 5.27. The van der Waals surface area contributed by atoms with Gasteiger partial charge >= 0.3 is 5.97 Å². The van der Waals surface area contributed by atoms with E-state index in [0.29, 0.717) is 29.0 Å². The van der Waals surface area contributed by atoms with Gasteiger partial charge in [0.2, 0.25) is 0 Å². The highest BCUT2D eigenvalue weighted by molar-refractivity contribution is 5.89. The second-order valence-electron chi connectivity index (χ2n) is 10.6. The van der Waals surface area contributed by atoms with E-state index in [-0.39, 0.29) is 48.1 Å². The van der Waals surface area contributed by atoms with Crippen LogP contribution >= 0.6 is 0 Å². The Bertz CT molecular complexity index is 1760. The molecule has 0 bridgehead atoms. The fourth-order valence-electron chi connectivity index (χ4n) is 6.12. The van der Waals surface area contributed by atoms with Crippen LogP contribution in [0.5, 0.6) is 0 Å². The average Bonchev–Trinajstić information content (AvgIpc) is 3.68. The second-order valence-corrected chi connectivity index (χ2v) is 10.6. The molecule has 1 saturated heterocycles. The number of rotatable bonds is 4. The topological polar surface area (TPSA) is 124 Å². The summed E-state index contributed by atoms with van der Waals surface area (Å²) in [5.41, 5.74) is 2.75. The summed E-state index contributed by atoms with van der Waals surface area (Å²) in [6.07, 6.45) is 4.07. The molecule has 1 aromatic carbocycles. The normalized spacial score (nSPS) is 21.6. The Morgan fingerprint density at radius 3 is 2.87 bits per heavy atom. The number of fused-ring (bicyclic) bond motifs is 5. The Labute approximate surface area is 222 Å². The maximum absolute atomic E-state index is 14.7. The van der Waals surface area contributed by atoms with Crippen molar-refractivity contribution in [1.82, 2.24) is 29.9 Å². The van der Waals surface area contributed by atoms with Crippen molar-refractivity contribution in [3.8, 4) is 11.4 Å². The van der Waals surface area contributed by atoms with Gasteiger partial charge in [0.25, 0.3) is 5.56 Å². The number of nitrogens with zero attached hydrogens (tertiary/aromatic N) is 5. The number of pyridine rings is 2. The number of aryl methyl sites for hydroxylation is 1. The van der Waals surface area contributed by atoms with E-state index >= 15 is 0 Å². The van der Waals surface area contributed by atoms with Crippen molar-refractivity contribution < 1.29 is 19.0 Å². The molecule has 2 atom stereocenters. The number of nitrogens with one attached hydrogen (secondary N) is 1. The van der Waals surface area contributed by atoms with Gasteiger partial charge in [0.15, 0.2) is 5.60 Å². The number of aliphatic hydroxyl groups is 1. The van der Waals surface area contributed by atoms with E-state index in [1.807, 2.05) is 6.20 Å². The number of esters is 1. The summed E-state index contributed by atoms with van der Waals surface area (Å²) >= 11 is 0. The molecule has 0 spiro atoms. The van der Waals surface area contributed by atoms with E-state index in [1.54, 1.807) is 35.2 Å². The lowest BCUT2D eigenvalue weighted by Gasteiger charge is -2.31. The SMILES string of the molecule is CC[C@@]1(O)C(=O)OCc2c1cc1n(c2=O)Cc2c-1nc1cc(F)c(C)cc1c2Cn1cc(C2CCCN2)nn1. The van der Waals surface area contributed by atoms with Crippen LogP contribution in [-0.4, -0.2) is 42.2 Å². The van der Waals surface area contributed by atoms with E-state index in [9.17, 15) is 19.1 Å². The van der Waals surface area contributed by atoms with Crippen LogP contribution in [0.2, 0.25) is 0 Å². The van der Waals surface area contributed by atoms with E-state index in [4.69, 9.17) is 9.72 Å². The Morgan fingerprint density at radius 1 is 1.26 bits per heavy atom. The van der Waals surface area contributed by atoms with Crippen LogP contribution in [0.3, 0.4) is 0 Å². The zero-order valence-corrected chi connectivity index (χ0v) is 21.6. The number of aromatic nitrogens is 5. The first-order valence-electron chi connectivity index (χ1n) is 13.2. The fraction of sp³-hybridized carbons (Fsp3) is 0.393. The van der Waals surface area contributed by atoms with Gasteiger partial charge in [0, 0.05) is 22.6 Å². The highest BCUT2D eigenvalue weighted by Crippen LogP contribution is 2.40. The summed E-state index contributed by atoms with van der Waals surface area (Å²) in [6.45, 7) is 4.73. The van der Waals surface area contributed by atoms with Crippen LogP contribution in [0, 0.1) is 12.7 Å². The van der Waals surface area contributed by atoms with Gasteiger partial charge in [-0.15, -0.1) is 5.10 Å². The number of ether oxygens (including phenoxy) is 1. The van der Waals surface area contributed by atoms with Crippen molar-refractivity contribution >= 4 is 16.9 Å². The second kappa shape index (κ2) is 8.52. The molecule has 4 aromatic rings. The lowest BCUT2D eigenvalue weighted by atomic mass is 9.86. The number of carbonyl (C=O) groups is 1. The summed E-state index contributed by atoms with van der Waals surface area (Å²) in [6, 6.07) is 5.02. The first-order chi connectivity index (χ1) is 18.8. The van der Waals surface area contributed by atoms with Crippen LogP contribution in [0.1, 0.15) is 65.7 Å². The third-order valence-corrected chi connectivity index (χ3v) is 8.38. The van der Waals surface area contributed by atoms with Crippen molar-refractivity contribution in [1.29, 1.82) is 0 Å². The van der Waals surface area contributed by atoms with Crippen molar-refractivity contribution in [2.24, 2.45) is 0 Å². The maximum atomic E-state index is 14.7. The smallest absolute Gasteiger partial charge is 0.343 e. The van der Waals surface area contributed by atoms with Crippen molar-refractivity contribution in [2.45, 2.75) is 64.4 Å².